The topological polar surface area (TPSA) is 173 Å². The van der Waals surface area contributed by atoms with E-state index in [1.807, 2.05) is 0 Å². The molecule has 1 fully saturated rings. The molecule has 3 heterocycles. The Labute approximate surface area is 163 Å². The number of amides is 1. The molecule has 2 aromatic heterocycles. The summed E-state index contributed by atoms with van der Waals surface area (Å²) in [5.74, 6) is -1.53. The molecule has 0 radical (unpaired) electrons. The minimum absolute atomic E-state index is 0.0621. The van der Waals surface area contributed by atoms with Gasteiger partial charge in [-0.1, -0.05) is 6.07 Å². The van der Waals surface area contributed by atoms with Crippen LogP contribution in [0.25, 0.3) is 0 Å². The molecule has 1 amide bonds. The van der Waals surface area contributed by atoms with Crippen LogP contribution in [0.1, 0.15) is 27.2 Å². The van der Waals surface area contributed by atoms with E-state index in [2.05, 4.69) is 20.0 Å². The van der Waals surface area contributed by atoms with Crippen molar-refractivity contribution < 1.29 is 34.4 Å². The number of aromatic nitrogens is 3. The Bertz CT molecular complexity index is 978. The van der Waals surface area contributed by atoms with Crippen LogP contribution in [-0.2, 0) is 9.47 Å². The maximum absolute atomic E-state index is 12.3. The Morgan fingerprint density at radius 1 is 1.21 bits per heavy atom. The van der Waals surface area contributed by atoms with Gasteiger partial charge in [-0.15, -0.1) is 0 Å². The maximum atomic E-state index is 12.3. The molecule has 0 aromatic carbocycles. The molecule has 3 rings (SSSR count). The molecular weight excluding hydrogens is 388 g/mol. The van der Waals surface area contributed by atoms with Crippen molar-refractivity contribution in [2.45, 2.75) is 24.5 Å². The van der Waals surface area contributed by atoms with Crippen LogP contribution in [0.2, 0.25) is 0 Å². The van der Waals surface area contributed by atoms with Crippen molar-refractivity contribution in [2.75, 3.05) is 19.0 Å². The van der Waals surface area contributed by atoms with Gasteiger partial charge in [0.2, 0.25) is 0 Å². The van der Waals surface area contributed by atoms with E-state index in [4.69, 9.17) is 9.84 Å². The van der Waals surface area contributed by atoms with E-state index in [9.17, 15) is 24.6 Å². The normalized spacial score (nSPS) is 23.6. The predicted molar refractivity (Wildman–Crippen MR) is 95.0 cm³/mol. The van der Waals surface area contributed by atoms with E-state index in [1.165, 1.54) is 37.6 Å². The minimum Gasteiger partial charge on any atom is -0.464 e. The monoisotopic (exact) mass is 406 g/mol. The molecule has 4 unspecified atom stereocenters. The van der Waals surface area contributed by atoms with E-state index in [1.54, 1.807) is 0 Å². The van der Waals surface area contributed by atoms with Gasteiger partial charge in [0.15, 0.2) is 6.23 Å². The fourth-order valence-electron chi connectivity index (χ4n) is 2.75. The molecule has 0 spiro atoms. The Hall–Kier alpha value is -3.19. The highest BCUT2D eigenvalue weighted by molar-refractivity contribution is 6.03. The zero-order chi connectivity index (χ0) is 21.1. The Kier molecular flexibility index (Phi) is 5.98. The van der Waals surface area contributed by atoms with Gasteiger partial charge in [0, 0.05) is 6.20 Å². The van der Waals surface area contributed by atoms with E-state index < -0.39 is 48.7 Å². The van der Waals surface area contributed by atoms with Gasteiger partial charge in [-0.3, -0.25) is 9.36 Å². The summed E-state index contributed by atoms with van der Waals surface area (Å²) in [5.41, 5.74) is -1.02. The zero-order valence-electron chi connectivity index (χ0n) is 15.1. The summed E-state index contributed by atoms with van der Waals surface area (Å²) in [6.07, 6.45) is -3.90. The molecule has 0 bridgehead atoms. The number of nitrogens with zero attached hydrogens (tertiary/aromatic N) is 3. The smallest absolute Gasteiger partial charge is 0.356 e. The van der Waals surface area contributed by atoms with E-state index >= 15 is 0 Å². The third-order valence-corrected chi connectivity index (χ3v) is 4.24. The Balaban J connectivity index is 1.77. The number of esters is 1. The molecule has 12 heteroatoms. The number of hydrogen-bond acceptors (Lipinski definition) is 10. The summed E-state index contributed by atoms with van der Waals surface area (Å²) in [4.78, 5) is 43.6. The van der Waals surface area contributed by atoms with Crippen molar-refractivity contribution >= 4 is 17.7 Å². The molecule has 29 heavy (non-hydrogen) atoms. The SMILES string of the molecule is COC(=O)c1cccc(C(=O)Nc2ccn(C3OC(CO)C(O)C3O)c(=O)n2)n1. The highest BCUT2D eigenvalue weighted by Gasteiger charge is 2.43. The highest BCUT2D eigenvalue weighted by Crippen LogP contribution is 2.28. The lowest BCUT2D eigenvalue weighted by Crippen LogP contribution is -2.36. The number of ether oxygens (including phenoxy) is 2. The Morgan fingerprint density at radius 2 is 1.93 bits per heavy atom. The van der Waals surface area contributed by atoms with Crippen LogP contribution in [0, 0.1) is 0 Å². The van der Waals surface area contributed by atoms with Crippen LogP contribution in [0.5, 0.6) is 0 Å². The van der Waals surface area contributed by atoms with E-state index in [-0.39, 0.29) is 17.2 Å². The molecule has 0 aliphatic carbocycles. The van der Waals surface area contributed by atoms with Gasteiger partial charge in [-0.2, -0.15) is 4.98 Å². The van der Waals surface area contributed by atoms with Gasteiger partial charge in [0.1, 0.15) is 35.5 Å². The lowest BCUT2D eigenvalue weighted by atomic mass is 10.1. The molecule has 1 aliphatic rings. The number of nitrogens with one attached hydrogen (secondary N) is 1. The number of methoxy groups -OCH3 is 1. The number of rotatable bonds is 5. The lowest BCUT2D eigenvalue weighted by Gasteiger charge is -2.17. The average Bonchev–Trinajstić information content (AvgIpc) is 3.01. The molecule has 2 aromatic rings. The number of carbonyl (C=O) groups is 2. The van der Waals surface area contributed by atoms with Crippen LogP contribution >= 0.6 is 0 Å². The van der Waals surface area contributed by atoms with Gasteiger partial charge < -0.3 is 30.1 Å². The predicted octanol–water partition coefficient (Wildman–Crippen LogP) is -1.71. The van der Waals surface area contributed by atoms with Crippen molar-refractivity contribution in [2.24, 2.45) is 0 Å². The van der Waals surface area contributed by atoms with Gasteiger partial charge in [-0.05, 0) is 18.2 Å². The summed E-state index contributed by atoms with van der Waals surface area (Å²) in [5, 5.41) is 31.3. The van der Waals surface area contributed by atoms with Crippen LogP contribution in [0.15, 0.2) is 35.3 Å². The van der Waals surface area contributed by atoms with Gasteiger partial charge in [0.05, 0.1) is 13.7 Å². The van der Waals surface area contributed by atoms with Crippen molar-refractivity contribution in [3.05, 3.63) is 52.3 Å². The Morgan fingerprint density at radius 3 is 2.55 bits per heavy atom. The molecular formula is C17H18N4O8. The fourth-order valence-corrected chi connectivity index (χ4v) is 2.75. The summed E-state index contributed by atoms with van der Waals surface area (Å²) in [6.45, 7) is -0.539. The van der Waals surface area contributed by atoms with Crippen molar-refractivity contribution in [3.63, 3.8) is 0 Å². The number of carbonyl (C=O) groups excluding carboxylic acids is 2. The largest absolute Gasteiger partial charge is 0.464 e. The fraction of sp³-hybridized carbons (Fsp3) is 0.353. The first-order valence-corrected chi connectivity index (χ1v) is 8.44. The zero-order valence-corrected chi connectivity index (χ0v) is 15.1. The maximum Gasteiger partial charge on any atom is 0.356 e. The molecule has 154 valence electrons. The molecule has 4 N–H and O–H groups in total. The minimum atomic E-state index is -1.45. The summed E-state index contributed by atoms with van der Waals surface area (Å²) >= 11 is 0. The summed E-state index contributed by atoms with van der Waals surface area (Å²) in [6, 6.07) is 5.46. The standard InChI is InChI=1S/C17H18N4O8/c1-28-16(26)9-4-2-3-8(18-9)14(25)19-11-5-6-21(17(27)20-11)15-13(24)12(23)10(7-22)29-15/h2-6,10,12-13,15,22-24H,7H2,1H3,(H,19,20,25,27). The molecule has 1 aliphatic heterocycles. The molecule has 12 nitrogen and oxygen atoms in total. The van der Waals surface area contributed by atoms with Gasteiger partial charge in [0.25, 0.3) is 5.91 Å². The summed E-state index contributed by atoms with van der Waals surface area (Å²) < 4.78 is 10.7. The first-order valence-electron chi connectivity index (χ1n) is 8.44. The molecule has 0 saturated carbocycles. The van der Waals surface area contributed by atoms with E-state index in [0.29, 0.717) is 0 Å². The number of pyridine rings is 1. The summed E-state index contributed by atoms with van der Waals surface area (Å²) in [7, 11) is 1.18. The van der Waals surface area contributed by atoms with E-state index in [0.717, 1.165) is 4.57 Å². The van der Waals surface area contributed by atoms with Gasteiger partial charge >= 0.3 is 11.7 Å². The second kappa shape index (κ2) is 8.45. The number of anilines is 1. The lowest BCUT2D eigenvalue weighted by molar-refractivity contribution is -0.0549. The third-order valence-electron chi connectivity index (χ3n) is 4.24. The third kappa shape index (κ3) is 4.14. The van der Waals surface area contributed by atoms with Crippen LogP contribution in [0.4, 0.5) is 5.82 Å². The second-order valence-electron chi connectivity index (χ2n) is 6.09. The quantitative estimate of drug-likeness (QED) is 0.419. The molecule has 4 atom stereocenters. The highest BCUT2D eigenvalue weighted by atomic mass is 16.6. The van der Waals surface area contributed by atoms with Crippen LogP contribution in [-0.4, -0.2) is 73.8 Å². The first-order chi connectivity index (χ1) is 13.8. The number of aliphatic hydroxyl groups is 3. The van der Waals surface area contributed by atoms with Crippen molar-refractivity contribution in [3.8, 4) is 0 Å². The number of aliphatic hydroxyl groups excluding tert-OH is 3. The van der Waals surface area contributed by atoms with Crippen LogP contribution in [0.3, 0.4) is 0 Å². The average molecular weight is 406 g/mol. The van der Waals surface area contributed by atoms with Gasteiger partial charge in [-0.25, -0.2) is 14.6 Å². The first kappa shape index (κ1) is 20.5. The van der Waals surface area contributed by atoms with Crippen molar-refractivity contribution in [1.82, 2.24) is 14.5 Å². The molecule has 1 saturated heterocycles. The van der Waals surface area contributed by atoms with Crippen LogP contribution < -0.4 is 11.0 Å². The second-order valence-corrected chi connectivity index (χ2v) is 6.09. The van der Waals surface area contributed by atoms with Crippen molar-refractivity contribution in [1.29, 1.82) is 0 Å². The number of hydrogen-bond donors (Lipinski definition) is 4.